The highest BCUT2D eigenvalue weighted by Gasteiger charge is 2.30. The molecule has 0 heterocycles. The number of ether oxygens (including phenoxy) is 1. The molecule has 1 aromatic rings. The molecule has 1 aromatic carbocycles. The zero-order chi connectivity index (χ0) is 19.3. The molecule has 144 valence electrons. The maximum Gasteiger partial charge on any atom is 0.261 e. The molecule has 1 aliphatic rings. The number of halogens is 1. The summed E-state index contributed by atoms with van der Waals surface area (Å²) < 4.78 is 6.37. The van der Waals surface area contributed by atoms with E-state index in [9.17, 15) is 4.79 Å². The zero-order valence-electron chi connectivity index (χ0n) is 16.0. The van der Waals surface area contributed by atoms with E-state index in [0.29, 0.717) is 34.5 Å². The maximum absolute atomic E-state index is 12.6. The first-order valence-electron chi connectivity index (χ1n) is 9.25. The number of hydrogen-bond acceptors (Lipinski definition) is 3. The van der Waals surface area contributed by atoms with E-state index < -0.39 is 0 Å². The van der Waals surface area contributed by atoms with Crippen LogP contribution in [0.3, 0.4) is 0 Å². The van der Waals surface area contributed by atoms with E-state index in [1.165, 1.54) is 12.8 Å². The number of carbonyl (C=O) groups is 1. The predicted molar refractivity (Wildman–Crippen MR) is 114 cm³/mol. The van der Waals surface area contributed by atoms with Gasteiger partial charge < -0.3 is 10.1 Å². The summed E-state index contributed by atoms with van der Waals surface area (Å²) in [6.45, 7) is 9.32. The average Bonchev–Trinajstić information content (AvgIpc) is 2.56. The Morgan fingerprint density at radius 1 is 1.27 bits per heavy atom. The Labute approximate surface area is 170 Å². The van der Waals surface area contributed by atoms with Crippen LogP contribution in [0, 0.1) is 11.3 Å². The number of thiocarbonyl (C=S) groups is 1. The fourth-order valence-corrected chi connectivity index (χ4v) is 4.08. The highest BCUT2D eigenvalue weighted by molar-refractivity contribution is 9.10. The number of carbonyl (C=O) groups excluding carboxylic acids is 1. The van der Waals surface area contributed by atoms with Crippen molar-refractivity contribution < 1.29 is 9.53 Å². The van der Waals surface area contributed by atoms with E-state index in [1.54, 1.807) is 12.1 Å². The lowest BCUT2D eigenvalue weighted by molar-refractivity contribution is 0.0972. The van der Waals surface area contributed by atoms with Crippen LogP contribution in [0.4, 0.5) is 0 Å². The molecule has 6 heteroatoms. The molecule has 0 unspecified atom stereocenters. The van der Waals surface area contributed by atoms with Crippen LogP contribution in [0.5, 0.6) is 5.75 Å². The van der Waals surface area contributed by atoms with Gasteiger partial charge in [0.2, 0.25) is 0 Å². The third kappa shape index (κ3) is 5.95. The van der Waals surface area contributed by atoms with E-state index in [0.717, 1.165) is 23.2 Å². The minimum absolute atomic E-state index is 0.254. The predicted octanol–water partition coefficient (Wildman–Crippen LogP) is 5.06. The lowest BCUT2D eigenvalue weighted by atomic mass is 9.71. The van der Waals surface area contributed by atoms with Gasteiger partial charge in [-0.05, 0) is 74.4 Å². The third-order valence-electron chi connectivity index (χ3n) is 5.00. The second-order valence-corrected chi connectivity index (χ2v) is 9.24. The number of benzene rings is 1. The van der Waals surface area contributed by atoms with Crippen LogP contribution in [0.2, 0.25) is 0 Å². The lowest BCUT2D eigenvalue weighted by Gasteiger charge is -2.37. The van der Waals surface area contributed by atoms with Gasteiger partial charge in [-0.15, -0.1) is 0 Å². The quantitative estimate of drug-likeness (QED) is 0.642. The second kappa shape index (κ2) is 9.18. The molecule has 0 spiro atoms. The smallest absolute Gasteiger partial charge is 0.261 e. The van der Waals surface area contributed by atoms with E-state index in [4.69, 9.17) is 17.0 Å². The van der Waals surface area contributed by atoms with E-state index in [2.05, 4.69) is 47.3 Å². The largest absolute Gasteiger partial charge is 0.493 e. The van der Waals surface area contributed by atoms with Gasteiger partial charge in [0.25, 0.3) is 5.91 Å². The molecular weight excluding hydrogens is 412 g/mol. The molecule has 0 radical (unpaired) electrons. The molecule has 0 saturated heterocycles. The fourth-order valence-electron chi connectivity index (χ4n) is 3.46. The average molecular weight is 441 g/mol. The van der Waals surface area contributed by atoms with E-state index >= 15 is 0 Å². The van der Waals surface area contributed by atoms with Crippen molar-refractivity contribution >= 4 is 39.2 Å². The summed E-state index contributed by atoms with van der Waals surface area (Å²) in [6.07, 6.45) is 4.55. The summed E-state index contributed by atoms with van der Waals surface area (Å²) in [6, 6.07) is 5.71. The van der Waals surface area contributed by atoms with Crippen molar-refractivity contribution in [3.63, 3.8) is 0 Å². The molecule has 0 aromatic heterocycles. The van der Waals surface area contributed by atoms with Crippen molar-refractivity contribution in [3.05, 3.63) is 28.2 Å². The van der Waals surface area contributed by atoms with Crippen LogP contribution in [0.1, 0.15) is 63.7 Å². The molecule has 1 aliphatic carbocycles. The Morgan fingerprint density at radius 2 is 1.92 bits per heavy atom. The summed E-state index contributed by atoms with van der Waals surface area (Å²) in [5.41, 5.74) is 0.831. The van der Waals surface area contributed by atoms with Crippen LogP contribution < -0.4 is 15.4 Å². The monoisotopic (exact) mass is 440 g/mol. The van der Waals surface area contributed by atoms with E-state index in [1.807, 2.05) is 13.0 Å². The first-order chi connectivity index (χ1) is 12.2. The zero-order valence-corrected chi connectivity index (χ0v) is 18.4. The van der Waals surface area contributed by atoms with Crippen LogP contribution in [-0.2, 0) is 0 Å². The highest BCUT2D eigenvalue weighted by Crippen LogP contribution is 2.37. The number of amides is 1. The standard InChI is InChI=1S/C20H29BrN2O2S/c1-5-25-17-11-8-14(21)12-16(17)18(24)23-19(26)22-15-9-6-13(7-10-15)20(2,3)4/h8,11-13,15H,5-7,9-10H2,1-4H3,(H2,22,23,24,26). The van der Waals surface area contributed by atoms with Crippen molar-refractivity contribution in [2.24, 2.45) is 11.3 Å². The minimum atomic E-state index is -0.254. The normalized spacial score (nSPS) is 20.3. The topological polar surface area (TPSA) is 50.4 Å². The van der Waals surface area contributed by atoms with Gasteiger partial charge in [-0.1, -0.05) is 36.7 Å². The summed E-state index contributed by atoms with van der Waals surface area (Å²) in [7, 11) is 0. The number of rotatable bonds is 4. The van der Waals surface area contributed by atoms with Crippen molar-refractivity contribution in [2.45, 2.75) is 59.4 Å². The Hall–Kier alpha value is -1.14. The first kappa shape index (κ1) is 21.2. The highest BCUT2D eigenvalue weighted by atomic mass is 79.9. The van der Waals surface area contributed by atoms with Gasteiger partial charge in [0.15, 0.2) is 5.11 Å². The van der Waals surface area contributed by atoms with Crippen molar-refractivity contribution in [1.29, 1.82) is 0 Å². The van der Waals surface area contributed by atoms with Gasteiger partial charge in [0.1, 0.15) is 5.75 Å². The lowest BCUT2D eigenvalue weighted by Crippen LogP contribution is -2.46. The molecule has 0 bridgehead atoms. The molecule has 4 nitrogen and oxygen atoms in total. The number of hydrogen-bond donors (Lipinski definition) is 2. The van der Waals surface area contributed by atoms with Gasteiger partial charge >= 0.3 is 0 Å². The Kier molecular flexibility index (Phi) is 7.47. The Morgan fingerprint density at radius 3 is 2.50 bits per heavy atom. The summed E-state index contributed by atoms with van der Waals surface area (Å²) in [5, 5.41) is 6.48. The van der Waals surface area contributed by atoms with Crippen molar-refractivity contribution in [2.75, 3.05) is 6.61 Å². The van der Waals surface area contributed by atoms with Gasteiger partial charge in [-0.2, -0.15) is 0 Å². The van der Waals surface area contributed by atoms with Crippen LogP contribution in [0.15, 0.2) is 22.7 Å². The minimum Gasteiger partial charge on any atom is -0.493 e. The Balaban J connectivity index is 1.90. The molecule has 2 N–H and O–H groups in total. The fraction of sp³-hybridized carbons (Fsp3) is 0.600. The molecule has 1 amide bonds. The van der Waals surface area contributed by atoms with Gasteiger partial charge in [0.05, 0.1) is 12.2 Å². The molecule has 0 aliphatic heterocycles. The SMILES string of the molecule is CCOc1ccc(Br)cc1C(=O)NC(=S)NC1CCC(C(C)(C)C)CC1. The van der Waals surface area contributed by atoms with Crippen molar-refractivity contribution in [3.8, 4) is 5.75 Å². The second-order valence-electron chi connectivity index (χ2n) is 7.92. The maximum atomic E-state index is 12.6. The van der Waals surface area contributed by atoms with Crippen molar-refractivity contribution in [1.82, 2.24) is 10.6 Å². The van der Waals surface area contributed by atoms with Crippen LogP contribution >= 0.6 is 28.1 Å². The third-order valence-corrected chi connectivity index (χ3v) is 5.71. The van der Waals surface area contributed by atoms with Gasteiger partial charge in [-0.25, -0.2) is 0 Å². The summed E-state index contributed by atoms with van der Waals surface area (Å²) in [5.74, 6) is 1.05. The van der Waals surface area contributed by atoms with E-state index in [-0.39, 0.29) is 5.91 Å². The summed E-state index contributed by atoms with van der Waals surface area (Å²) in [4.78, 5) is 12.6. The Bertz CT molecular complexity index is 650. The van der Waals surface area contributed by atoms with Crippen LogP contribution in [0.25, 0.3) is 0 Å². The summed E-state index contributed by atoms with van der Waals surface area (Å²) >= 11 is 8.76. The molecular formula is C20H29BrN2O2S. The molecule has 26 heavy (non-hydrogen) atoms. The molecule has 1 fully saturated rings. The molecule has 0 atom stereocenters. The first-order valence-corrected chi connectivity index (χ1v) is 10.4. The van der Waals surface area contributed by atoms with Crippen LogP contribution in [-0.4, -0.2) is 23.7 Å². The van der Waals surface area contributed by atoms with Gasteiger partial charge in [-0.3, -0.25) is 10.1 Å². The van der Waals surface area contributed by atoms with Gasteiger partial charge in [0, 0.05) is 10.5 Å². The molecule has 2 rings (SSSR count). The molecule has 1 saturated carbocycles. The number of nitrogens with one attached hydrogen (secondary N) is 2.